The van der Waals surface area contributed by atoms with Gasteiger partial charge in [0.2, 0.25) is 17.7 Å². The molecule has 14 heteroatoms. The summed E-state index contributed by atoms with van der Waals surface area (Å²) in [5.74, 6) is 0.934. The Kier molecular flexibility index (Phi) is 10.3. The van der Waals surface area contributed by atoms with E-state index in [-0.39, 0.29) is 41.5 Å². The van der Waals surface area contributed by atoms with Crippen molar-refractivity contribution >= 4 is 29.0 Å². The van der Waals surface area contributed by atoms with Gasteiger partial charge in [0.25, 0.3) is 6.43 Å². The van der Waals surface area contributed by atoms with Crippen molar-refractivity contribution in [1.29, 1.82) is 0 Å². The molecule has 0 spiro atoms. The maximum atomic E-state index is 14.2. The van der Waals surface area contributed by atoms with Crippen molar-refractivity contribution in [2.75, 3.05) is 64.6 Å². The van der Waals surface area contributed by atoms with Crippen molar-refractivity contribution in [1.82, 2.24) is 29.3 Å². The molecular weight excluding hydrogens is 612 g/mol. The first kappa shape index (κ1) is 32.9. The third-order valence-electron chi connectivity index (χ3n) is 9.53. The lowest BCUT2D eigenvalue weighted by Gasteiger charge is -2.38. The molecule has 254 valence electrons. The lowest BCUT2D eigenvalue weighted by molar-refractivity contribution is -0.138. The van der Waals surface area contributed by atoms with Crippen molar-refractivity contribution in [3.63, 3.8) is 0 Å². The number of alkyl halides is 2. The number of ether oxygens (including phenoxy) is 3. The average molecular weight is 656 g/mol. The molecule has 12 nitrogen and oxygen atoms in total. The molecule has 0 N–H and O–H groups in total. The summed E-state index contributed by atoms with van der Waals surface area (Å²) in [5.41, 5.74) is 0.980. The number of hydrogen-bond donors (Lipinski definition) is 0. The predicted molar refractivity (Wildman–Crippen MR) is 170 cm³/mol. The molecule has 1 aromatic carbocycles. The van der Waals surface area contributed by atoms with Crippen LogP contribution in [0.15, 0.2) is 30.3 Å². The highest BCUT2D eigenvalue weighted by Gasteiger charge is 2.34. The van der Waals surface area contributed by atoms with Gasteiger partial charge in [-0.1, -0.05) is 12.1 Å². The van der Waals surface area contributed by atoms with Gasteiger partial charge in [0.05, 0.1) is 37.5 Å². The number of amides is 2. The molecule has 0 bridgehead atoms. The molecule has 0 unspecified atom stereocenters. The molecule has 0 radical (unpaired) electrons. The fourth-order valence-electron chi connectivity index (χ4n) is 6.82. The smallest absolute Gasteiger partial charge is 0.409 e. The maximum Gasteiger partial charge on any atom is 0.409 e. The van der Waals surface area contributed by atoms with Crippen LogP contribution in [0.1, 0.15) is 57.7 Å². The normalized spacial score (nSPS) is 20.9. The van der Waals surface area contributed by atoms with Crippen molar-refractivity contribution in [3.8, 4) is 11.7 Å². The molecule has 3 aliphatic rings. The molecule has 3 aromatic rings. The zero-order valence-electron chi connectivity index (χ0n) is 27.0. The van der Waals surface area contributed by atoms with Gasteiger partial charge >= 0.3 is 6.09 Å². The average Bonchev–Trinajstić information content (AvgIpc) is 3.51. The first-order valence-electron chi connectivity index (χ1n) is 16.6. The number of hydrogen-bond acceptors (Lipinski definition) is 9. The van der Waals surface area contributed by atoms with E-state index in [1.165, 1.54) is 4.57 Å². The topological polar surface area (TPSA) is 115 Å². The number of nitrogens with zero attached hydrogens (tertiary/aromatic N) is 7. The van der Waals surface area contributed by atoms with Gasteiger partial charge in [-0.05, 0) is 63.5 Å². The Morgan fingerprint density at radius 2 is 1.72 bits per heavy atom. The van der Waals surface area contributed by atoms with E-state index < -0.39 is 6.43 Å². The van der Waals surface area contributed by atoms with Gasteiger partial charge in [-0.3, -0.25) is 9.36 Å². The molecule has 2 aliphatic heterocycles. The molecule has 1 saturated carbocycles. The molecule has 3 fully saturated rings. The largest absolute Gasteiger partial charge is 0.477 e. The number of anilines is 1. The Balaban J connectivity index is 1.10. The van der Waals surface area contributed by atoms with Gasteiger partial charge < -0.3 is 28.9 Å². The minimum Gasteiger partial charge on any atom is -0.477 e. The van der Waals surface area contributed by atoms with E-state index in [1.54, 1.807) is 42.2 Å². The Morgan fingerprint density at radius 3 is 2.43 bits per heavy atom. The summed E-state index contributed by atoms with van der Waals surface area (Å²) in [6.07, 6.45) is 1.60. The number of fused-ring (bicyclic) bond motifs is 1. The molecule has 2 saturated heterocycles. The molecule has 1 aliphatic carbocycles. The van der Waals surface area contributed by atoms with Crippen LogP contribution in [0.25, 0.3) is 16.9 Å². The fourth-order valence-corrected chi connectivity index (χ4v) is 6.82. The number of morpholine rings is 1. The summed E-state index contributed by atoms with van der Waals surface area (Å²) in [5, 5.41) is 0. The third kappa shape index (κ3) is 7.42. The van der Waals surface area contributed by atoms with Gasteiger partial charge in [-0.15, -0.1) is 0 Å². The van der Waals surface area contributed by atoms with Crippen molar-refractivity contribution in [2.45, 2.75) is 57.9 Å². The Hall–Kier alpha value is -4.07. The van der Waals surface area contributed by atoms with Crippen LogP contribution in [0.5, 0.6) is 5.88 Å². The number of piperidine rings is 1. The highest BCUT2D eigenvalue weighted by Crippen LogP contribution is 2.33. The minimum atomic E-state index is -2.80. The first-order chi connectivity index (χ1) is 22.8. The second-order valence-corrected chi connectivity index (χ2v) is 12.5. The van der Waals surface area contributed by atoms with E-state index in [2.05, 4.69) is 9.97 Å². The molecule has 6 rings (SSSR count). The fraction of sp³-hybridized carbons (Fsp3) is 0.606. The van der Waals surface area contributed by atoms with Crippen molar-refractivity contribution in [3.05, 3.63) is 36.2 Å². The second kappa shape index (κ2) is 14.8. The van der Waals surface area contributed by atoms with Crippen LogP contribution in [0, 0.1) is 11.8 Å². The van der Waals surface area contributed by atoms with Crippen LogP contribution in [0.4, 0.5) is 19.5 Å². The predicted octanol–water partition coefficient (Wildman–Crippen LogP) is 4.85. The highest BCUT2D eigenvalue weighted by atomic mass is 19.3. The van der Waals surface area contributed by atoms with Crippen molar-refractivity contribution < 1.29 is 32.6 Å². The second-order valence-electron chi connectivity index (χ2n) is 12.5. The highest BCUT2D eigenvalue weighted by molar-refractivity contribution is 5.79. The summed E-state index contributed by atoms with van der Waals surface area (Å²) in [6, 6.07) is 8.70. The van der Waals surface area contributed by atoms with Crippen LogP contribution in [0.3, 0.4) is 0 Å². The molecule has 2 aromatic heterocycles. The van der Waals surface area contributed by atoms with E-state index in [9.17, 15) is 18.4 Å². The van der Waals surface area contributed by atoms with E-state index in [4.69, 9.17) is 19.2 Å². The number of halogens is 2. The monoisotopic (exact) mass is 655 g/mol. The van der Waals surface area contributed by atoms with E-state index in [0.717, 1.165) is 38.5 Å². The van der Waals surface area contributed by atoms with Gasteiger partial charge in [-0.2, -0.15) is 9.97 Å². The van der Waals surface area contributed by atoms with Gasteiger partial charge in [0.15, 0.2) is 5.82 Å². The summed E-state index contributed by atoms with van der Waals surface area (Å²) in [6.45, 7) is 5.91. The molecule has 47 heavy (non-hydrogen) atoms. The SMILES string of the molecule is CCOC(=O)N1CCC(N(C)C(=O)C2CCC(COc3cc(-n4c(C(F)F)nc5ccccc54)nc(N4CCOCC4)n3)CC2)CC1. The Labute approximate surface area is 273 Å². The minimum absolute atomic E-state index is 0.0415. The summed E-state index contributed by atoms with van der Waals surface area (Å²) < 4.78 is 46.6. The van der Waals surface area contributed by atoms with Crippen LogP contribution in [-0.4, -0.2) is 107 Å². The lowest BCUT2D eigenvalue weighted by atomic mass is 9.81. The zero-order valence-corrected chi connectivity index (χ0v) is 27.0. The summed E-state index contributed by atoms with van der Waals surface area (Å²) >= 11 is 0. The van der Waals surface area contributed by atoms with Gasteiger partial charge in [-0.25, -0.2) is 18.6 Å². The number of benzene rings is 1. The van der Waals surface area contributed by atoms with E-state index in [1.807, 2.05) is 16.8 Å². The van der Waals surface area contributed by atoms with Crippen LogP contribution >= 0.6 is 0 Å². The number of carbonyl (C=O) groups is 2. The summed E-state index contributed by atoms with van der Waals surface area (Å²) in [7, 11) is 1.88. The van der Waals surface area contributed by atoms with E-state index in [0.29, 0.717) is 75.5 Å². The number of para-hydroxylation sites is 2. The van der Waals surface area contributed by atoms with Crippen LogP contribution < -0.4 is 9.64 Å². The third-order valence-corrected chi connectivity index (χ3v) is 9.53. The zero-order chi connectivity index (χ0) is 32.9. The Morgan fingerprint density at radius 1 is 1.00 bits per heavy atom. The molecule has 2 amide bonds. The van der Waals surface area contributed by atoms with Crippen LogP contribution in [-0.2, 0) is 14.3 Å². The van der Waals surface area contributed by atoms with E-state index >= 15 is 0 Å². The van der Waals surface area contributed by atoms with Gasteiger partial charge in [0.1, 0.15) is 5.82 Å². The number of carbonyl (C=O) groups excluding carboxylic acids is 2. The lowest BCUT2D eigenvalue weighted by Crippen LogP contribution is -2.49. The standard InChI is InChI=1S/C33H43F2N7O5/c1-3-46-33(44)41-14-12-24(13-15-41)39(2)31(43)23-10-8-22(9-11-23)21-47-28-20-27(37-32(38-28)40-16-18-45-19-17-40)42-26-7-5-4-6-25(26)36-30(42)29(34)35/h4-7,20,22-24,29H,3,8-19,21H2,1-2H3. The van der Waals surface area contributed by atoms with Gasteiger partial charge in [0, 0.05) is 51.3 Å². The first-order valence-corrected chi connectivity index (χ1v) is 16.6. The number of aromatic nitrogens is 4. The van der Waals surface area contributed by atoms with Crippen LogP contribution in [0.2, 0.25) is 0 Å². The quantitative estimate of drug-likeness (QED) is 0.319. The molecule has 0 atom stereocenters. The van der Waals surface area contributed by atoms with Crippen molar-refractivity contribution in [2.24, 2.45) is 11.8 Å². The molecular formula is C33H43F2N7O5. The number of imidazole rings is 1. The number of likely N-dealkylation sites (tertiary alicyclic amines) is 1. The molecule has 4 heterocycles. The maximum absolute atomic E-state index is 14.2. The number of rotatable bonds is 9. The summed E-state index contributed by atoms with van der Waals surface area (Å²) in [4.78, 5) is 44.6. The Bertz CT molecular complexity index is 1530.